The molecule has 6 nitrogen and oxygen atoms in total. The molecule has 0 bridgehead atoms. The summed E-state index contributed by atoms with van der Waals surface area (Å²) in [4.78, 5) is 39.6. The zero-order valence-electron chi connectivity index (χ0n) is 16.9. The fraction of sp³-hybridized carbons (Fsp3) is 0.348. The van der Waals surface area contributed by atoms with Crippen LogP contribution in [-0.4, -0.2) is 41.2 Å². The fourth-order valence-electron chi connectivity index (χ4n) is 3.41. The van der Waals surface area contributed by atoms with Crippen molar-refractivity contribution in [2.75, 3.05) is 11.9 Å². The molecule has 1 aliphatic rings. The molecule has 1 saturated heterocycles. The molecule has 152 valence electrons. The van der Waals surface area contributed by atoms with Crippen LogP contribution in [0.5, 0.6) is 0 Å². The Bertz CT molecular complexity index is 882. The minimum Gasteiger partial charge on any atom is -0.352 e. The van der Waals surface area contributed by atoms with Crippen molar-refractivity contribution in [3.63, 3.8) is 0 Å². The maximum atomic E-state index is 13.1. The van der Waals surface area contributed by atoms with Gasteiger partial charge < -0.3 is 15.5 Å². The standard InChI is InChI=1S/C23H27N3O3/c1-3-16(2)24-22(28)20-13-8-14-26(20)23(29)18-11-7-12-19(15-18)25-21(27)17-9-5-4-6-10-17/h4-7,9-12,15-16,20H,3,8,13-14H2,1-2H3,(H,24,28)(H,25,27). The van der Waals surface area contributed by atoms with E-state index in [2.05, 4.69) is 10.6 Å². The summed E-state index contributed by atoms with van der Waals surface area (Å²) in [5.41, 5.74) is 1.55. The van der Waals surface area contributed by atoms with Crippen molar-refractivity contribution in [1.29, 1.82) is 0 Å². The molecule has 1 aliphatic heterocycles. The number of carbonyl (C=O) groups excluding carboxylic acids is 3. The Kier molecular flexibility index (Phi) is 6.65. The zero-order chi connectivity index (χ0) is 20.8. The first-order valence-corrected chi connectivity index (χ1v) is 10.1. The van der Waals surface area contributed by atoms with Gasteiger partial charge in [0.2, 0.25) is 5.91 Å². The van der Waals surface area contributed by atoms with Crippen LogP contribution < -0.4 is 10.6 Å². The number of likely N-dealkylation sites (tertiary alicyclic amines) is 1. The molecule has 0 radical (unpaired) electrons. The normalized spacial score (nSPS) is 16.9. The summed E-state index contributed by atoms with van der Waals surface area (Å²) in [5.74, 6) is -0.525. The predicted octanol–water partition coefficient (Wildman–Crippen LogP) is 3.46. The minimum atomic E-state index is -0.445. The van der Waals surface area contributed by atoms with E-state index in [0.29, 0.717) is 29.8 Å². The van der Waals surface area contributed by atoms with Gasteiger partial charge in [0.1, 0.15) is 6.04 Å². The second-order valence-corrected chi connectivity index (χ2v) is 7.38. The molecule has 1 heterocycles. The summed E-state index contributed by atoms with van der Waals surface area (Å²) in [7, 11) is 0. The second-order valence-electron chi connectivity index (χ2n) is 7.38. The lowest BCUT2D eigenvalue weighted by Crippen LogP contribution is -2.48. The van der Waals surface area contributed by atoms with E-state index in [4.69, 9.17) is 0 Å². The summed E-state index contributed by atoms with van der Waals surface area (Å²) >= 11 is 0. The van der Waals surface area contributed by atoms with Crippen LogP contribution in [0, 0.1) is 0 Å². The largest absolute Gasteiger partial charge is 0.352 e. The van der Waals surface area contributed by atoms with Crippen molar-refractivity contribution in [3.05, 3.63) is 65.7 Å². The second kappa shape index (κ2) is 9.37. The lowest BCUT2D eigenvalue weighted by Gasteiger charge is -2.25. The van der Waals surface area contributed by atoms with Crippen molar-refractivity contribution in [2.24, 2.45) is 0 Å². The third-order valence-corrected chi connectivity index (χ3v) is 5.22. The van der Waals surface area contributed by atoms with Crippen molar-refractivity contribution >= 4 is 23.4 Å². The molecule has 0 spiro atoms. The quantitative estimate of drug-likeness (QED) is 0.789. The van der Waals surface area contributed by atoms with E-state index >= 15 is 0 Å². The summed E-state index contributed by atoms with van der Waals surface area (Å²) in [5, 5.41) is 5.80. The first kappa shape index (κ1) is 20.6. The van der Waals surface area contributed by atoms with E-state index in [-0.39, 0.29) is 23.8 Å². The Morgan fingerprint density at radius 1 is 1.07 bits per heavy atom. The van der Waals surface area contributed by atoms with Gasteiger partial charge in [0.25, 0.3) is 11.8 Å². The van der Waals surface area contributed by atoms with Crippen LogP contribution in [0.3, 0.4) is 0 Å². The SMILES string of the molecule is CCC(C)NC(=O)C1CCCN1C(=O)c1cccc(NC(=O)c2ccccc2)c1. The highest BCUT2D eigenvalue weighted by molar-refractivity contribution is 6.05. The average molecular weight is 393 g/mol. The van der Waals surface area contributed by atoms with Gasteiger partial charge in [-0.05, 0) is 56.5 Å². The minimum absolute atomic E-state index is 0.0802. The fourth-order valence-corrected chi connectivity index (χ4v) is 3.41. The molecule has 2 unspecified atom stereocenters. The Morgan fingerprint density at radius 2 is 1.79 bits per heavy atom. The number of nitrogens with zero attached hydrogens (tertiary/aromatic N) is 1. The smallest absolute Gasteiger partial charge is 0.255 e. The summed E-state index contributed by atoms with van der Waals surface area (Å²) in [6.45, 7) is 4.52. The number of benzene rings is 2. The molecule has 2 aromatic rings. The third-order valence-electron chi connectivity index (χ3n) is 5.22. The van der Waals surface area contributed by atoms with E-state index in [0.717, 1.165) is 12.8 Å². The van der Waals surface area contributed by atoms with Crippen LogP contribution >= 0.6 is 0 Å². The molecule has 2 aromatic carbocycles. The first-order valence-electron chi connectivity index (χ1n) is 10.1. The predicted molar refractivity (Wildman–Crippen MR) is 113 cm³/mol. The van der Waals surface area contributed by atoms with Crippen molar-refractivity contribution in [2.45, 2.75) is 45.2 Å². The first-order chi connectivity index (χ1) is 14.0. The lowest BCUT2D eigenvalue weighted by atomic mass is 10.1. The van der Waals surface area contributed by atoms with Gasteiger partial charge in [-0.2, -0.15) is 0 Å². The molecule has 2 N–H and O–H groups in total. The molecular formula is C23H27N3O3. The van der Waals surface area contributed by atoms with Gasteiger partial charge in [-0.25, -0.2) is 0 Å². The number of nitrogens with one attached hydrogen (secondary N) is 2. The maximum absolute atomic E-state index is 13.1. The Morgan fingerprint density at radius 3 is 2.52 bits per heavy atom. The van der Waals surface area contributed by atoms with E-state index in [9.17, 15) is 14.4 Å². The van der Waals surface area contributed by atoms with E-state index in [1.54, 1.807) is 53.4 Å². The van der Waals surface area contributed by atoms with Gasteiger partial charge >= 0.3 is 0 Å². The Balaban J connectivity index is 1.71. The Labute approximate surface area is 171 Å². The van der Waals surface area contributed by atoms with E-state index < -0.39 is 6.04 Å². The van der Waals surface area contributed by atoms with Crippen LogP contribution in [0.2, 0.25) is 0 Å². The highest BCUT2D eigenvalue weighted by Gasteiger charge is 2.34. The van der Waals surface area contributed by atoms with Crippen LogP contribution in [0.4, 0.5) is 5.69 Å². The van der Waals surface area contributed by atoms with Gasteiger partial charge in [-0.1, -0.05) is 31.2 Å². The molecular weight excluding hydrogens is 366 g/mol. The van der Waals surface area contributed by atoms with Gasteiger partial charge in [-0.15, -0.1) is 0 Å². The molecule has 2 atom stereocenters. The zero-order valence-corrected chi connectivity index (χ0v) is 16.9. The van der Waals surface area contributed by atoms with E-state index in [1.807, 2.05) is 19.9 Å². The van der Waals surface area contributed by atoms with Crippen LogP contribution in [-0.2, 0) is 4.79 Å². The number of hydrogen-bond donors (Lipinski definition) is 2. The number of hydrogen-bond acceptors (Lipinski definition) is 3. The Hall–Kier alpha value is -3.15. The maximum Gasteiger partial charge on any atom is 0.255 e. The molecule has 6 heteroatoms. The topological polar surface area (TPSA) is 78.5 Å². The van der Waals surface area contributed by atoms with Crippen molar-refractivity contribution < 1.29 is 14.4 Å². The van der Waals surface area contributed by atoms with Crippen molar-refractivity contribution in [3.8, 4) is 0 Å². The van der Waals surface area contributed by atoms with Crippen LogP contribution in [0.25, 0.3) is 0 Å². The molecule has 0 aliphatic carbocycles. The van der Waals surface area contributed by atoms with E-state index in [1.165, 1.54) is 0 Å². The summed E-state index contributed by atoms with van der Waals surface area (Å²) in [6.07, 6.45) is 2.31. The molecule has 3 amide bonds. The highest BCUT2D eigenvalue weighted by Crippen LogP contribution is 2.22. The highest BCUT2D eigenvalue weighted by atomic mass is 16.2. The number of carbonyl (C=O) groups is 3. The van der Waals surface area contributed by atoms with Crippen LogP contribution in [0.1, 0.15) is 53.8 Å². The summed E-state index contributed by atoms with van der Waals surface area (Å²) in [6, 6.07) is 15.4. The molecule has 0 aromatic heterocycles. The van der Waals surface area contributed by atoms with Gasteiger partial charge in [0, 0.05) is 29.4 Å². The van der Waals surface area contributed by atoms with Gasteiger partial charge in [0.15, 0.2) is 0 Å². The molecule has 0 saturated carbocycles. The average Bonchev–Trinajstić information content (AvgIpc) is 3.24. The lowest BCUT2D eigenvalue weighted by molar-refractivity contribution is -0.125. The molecule has 1 fully saturated rings. The third kappa shape index (κ3) is 5.02. The molecule has 3 rings (SSSR count). The number of rotatable bonds is 6. The number of amides is 3. The summed E-state index contributed by atoms with van der Waals surface area (Å²) < 4.78 is 0. The van der Waals surface area contributed by atoms with Gasteiger partial charge in [0.05, 0.1) is 0 Å². The monoisotopic (exact) mass is 393 g/mol. The molecule has 29 heavy (non-hydrogen) atoms. The van der Waals surface area contributed by atoms with Gasteiger partial charge in [-0.3, -0.25) is 14.4 Å². The number of anilines is 1. The van der Waals surface area contributed by atoms with Crippen molar-refractivity contribution in [1.82, 2.24) is 10.2 Å². The van der Waals surface area contributed by atoms with Crippen LogP contribution in [0.15, 0.2) is 54.6 Å².